The minimum absolute atomic E-state index is 0.289. The van der Waals surface area contributed by atoms with E-state index in [1.807, 2.05) is 46.1 Å². The summed E-state index contributed by atoms with van der Waals surface area (Å²) in [5, 5.41) is 10.1. The van der Waals surface area contributed by atoms with E-state index in [9.17, 15) is 5.11 Å². The maximum atomic E-state index is 10.1. The van der Waals surface area contributed by atoms with Crippen LogP contribution in [0.4, 0.5) is 17.1 Å². The van der Waals surface area contributed by atoms with Gasteiger partial charge in [0.1, 0.15) is 17.2 Å². The molecule has 6 aromatic carbocycles. The van der Waals surface area contributed by atoms with Gasteiger partial charge >= 0.3 is 0 Å². The molecule has 0 aliphatic carbocycles. The Balaban J connectivity index is 1.12. The molecule has 0 saturated heterocycles. The minimum Gasteiger partial charge on any atom is -0.508 e. The number of hydrogen-bond acceptors (Lipinski definition) is 7. The summed E-state index contributed by atoms with van der Waals surface area (Å²) in [4.78, 5) is 10.4. The van der Waals surface area contributed by atoms with Gasteiger partial charge in [-0.1, -0.05) is 77.9 Å². The highest BCUT2D eigenvalue weighted by atomic mass is 32.1. The highest BCUT2D eigenvalue weighted by Gasteiger charge is 2.23. The van der Waals surface area contributed by atoms with Crippen LogP contribution in [0.25, 0.3) is 62.6 Å². The number of ether oxygens (including phenoxy) is 2. The first-order valence-corrected chi connectivity index (χ1v) is 26.8. The monoisotopic (exact) mass is 963 g/mol. The summed E-state index contributed by atoms with van der Waals surface area (Å²) in [5.74, 6) is 2.04. The molecule has 9 rings (SSSR count). The topological polar surface area (TPSA) is 41.9 Å². The van der Waals surface area contributed by atoms with Gasteiger partial charge in [-0.15, -0.1) is 34.0 Å². The number of phenols is 1. The number of rotatable bonds is 17. The molecule has 9 aromatic rings. The third-order valence-electron chi connectivity index (χ3n) is 13.5. The van der Waals surface area contributed by atoms with E-state index in [1.165, 1.54) is 90.5 Å². The lowest BCUT2D eigenvalue weighted by Gasteiger charge is -2.26. The van der Waals surface area contributed by atoms with Gasteiger partial charge in [-0.25, -0.2) is 0 Å². The van der Waals surface area contributed by atoms with E-state index in [-0.39, 0.29) is 5.75 Å². The fourth-order valence-corrected chi connectivity index (χ4v) is 14.5. The van der Waals surface area contributed by atoms with Gasteiger partial charge in [0.25, 0.3) is 0 Å². The molecule has 350 valence electrons. The number of aromatic hydroxyl groups is 1. The molecule has 3 heterocycles. The summed E-state index contributed by atoms with van der Waals surface area (Å²) in [6.07, 6.45) is 5.82. The lowest BCUT2D eigenvalue weighted by molar-refractivity contribution is 0.415. The molecule has 0 spiro atoms. The molecule has 0 bridgehead atoms. The molecule has 7 heteroatoms. The van der Waals surface area contributed by atoms with Crippen molar-refractivity contribution >= 4 is 51.1 Å². The standard InChI is InChI=1S/C62H61NO3S3/c1-9-51-54(12-4)60(42-21-33-48(64)34-22-42)67-57(51)39-15-27-45(28-16-39)63(46-29-17-40(18-30-46)58-52(10-2)55(13-5)61(68-58)43-23-35-49(65-7)36-24-43)47-31-19-41(20-32-47)59-53(11-3)56(14-6)62(69-59)44-25-37-50(66-8)38-26-44/h15-38,64H,9-14H2,1-8H3. The zero-order valence-electron chi connectivity index (χ0n) is 41.0. The van der Waals surface area contributed by atoms with Gasteiger partial charge in [-0.05, 0) is 214 Å². The summed E-state index contributed by atoms with van der Waals surface area (Å²) >= 11 is 5.67. The summed E-state index contributed by atoms with van der Waals surface area (Å²) in [6.45, 7) is 13.6. The quantitative estimate of drug-likeness (QED) is 0.0987. The van der Waals surface area contributed by atoms with Crippen molar-refractivity contribution in [1.82, 2.24) is 0 Å². The number of benzene rings is 6. The summed E-state index contributed by atoms with van der Waals surface area (Å²) in [6, 6.07) is 52.3. The van der Waals surface area contributed by atoms with E-state index in [1.54, 1.807) is 26.4 Å². The smallest absolute Gasteiger partial charge is 0.118 e. The van der Waals surface area contributed by atoms with Crippen LogP contribution in [0.2, 0.25) is 0 Å². The highest BCUT2D eigenvalue weighted by Crippen LogP contribution is 2.48. The first kappa shape index (κ1) is 47.7. The fourth-order valence-electron chi connectivity index (χ4n) is 9.97. The Hall–Kier alpha value is -6.38. The first-order valence-electron chi connectivity index (χ1n) is 24.4. The van der Waals surface area contributed by atoms with Gasteiger partial charge in [-0.3, -0.25) is 0 Å². The van der Waals surface area contributed by atoms with Crippen LogP contribution in [-0.4, -0.2) is 19.3 Å². The van der Waals surface area contributed by atoms with Crippen LogP contribution in [0.15, 0.2) is 146 Å². The third kappa shape index (κ3) is 9.28. The van der Waals surface area contributed by atoms with Crippen LogP contribution < -0.4 is 14.4 Å². The average Bonchev–Trinajstić information content (AvgIpc) is 4.11. The number of nitrogens with zero attached hydrogens (tertiary/aromatic N) is 1. The van der Waals surface area contributed by atoms with Crippen LogP contribution in [-0.2, 0) is 38.5 Å². The first-order chi connectivity index (χ1) is 33.7. The third-order valence-corrected chi connectivity index (χ3v) is 17.6. The SMILES string of the molecule is CCc1c(-c2ccc(O)cc2)sc(-c2ccc(N(c3ccc(-c4sc(-c5ccc(OC)cc5)c(CC)c4CC)cc3)c3ccc(-c4sc(-c5ccc(OC)cc5)c(CC)c4CC)cc3)cc2)c1CC. The molecule has 0 radical (unpaired) electrons. The predicted molar refractivity (Wildman–Crippen MR) is 298 cm³/mol. The van der Waals surface area contributed by atoms with Gasteiger partial charge < -0.3 is 19.5 Å². The number of phenolic OH excluding ortho intramolecular Hbond substituents is 1. The number of thiophene rings is 3. The van der Waals surface area contributed by atoms with Crippen molar-refractivity contribution in [3.05, 3.63) is 179 Å². The van der Waals surface area contributed by atoms with Crippen LogP contribution in [0.1, 0.15) is 74.9 Å². The Kier molecular flexibility index (Phi) is 14.6. The van der Waals surface area contributed by atoms with Crippen LogP contribution in [0.3, 0.4) is 0 Å². The number of anilines is 3. The predicted octanol–water partition coefficient (Wildman–Crippen LogP) is 18.4. The Morgan fingerprint density at radius 2 is 0.522 bits per heavy atom. The van der Waals surface area contributed by atoms with Crippen molar-refractivity contribution < 1.29 is 14.6 Å². The second-order valence-electron chi connectivity index (χ2n) is 17.3. The van der Waals surface area contributed by atoms with Gasteiger partial charge in [0.05, 0.1) is 14.2 Å². The zero-order valence-corrected chi connectivity index (χ0v) is 43.5. The van der Waals surface area contributed by atoms with Crippen molar-refractivity contribution in [2.75, 3.05) is 19.1 Å². The van der Waals surface area contributed by atoms with Crippen molar-refractivity contribution in [3.8, 4) is 79.9 Å². The molecule has 69 heavy (non-hydrogen) atoms. The fraction of sp³-hybridized carbons (Fsp3) is 0.226. The molecule has 0 saturated carbocycles. The zero-order chi connectivity index (χ0) is 48.2. The maximum absolute atomic E-state index is 10.1. The molecule has 0 unspecified atom stereocenters. The van der Waals surface area contributed by atoms with E-state index in [2.05, 4.69) is 168 Å². The molecule has 3 aromatic heterocycles. The van der Waals surface area contributed by atoms with Gasteiger partial charge in [0.2, 0.25) is 0 Å². The molecule has 0 aliphatic rings. The Bertz CT molecular complexity index is 3010. The molecule has 0 amide bonds. The van der Waals surface area contributed by atoms with Crippen molar-refractivity contribution in [2.24, 2.45) is 0 Å². The molecule has 0 aliphatic heterocycles. The van der Waals surface area contributed by atoms with E-state index >= 15 is 0 Å². The minimum atomic E-state index is 0.289. The van der Waals surface area contributed by atoms with E-state index in [0.29, 0.717) is 0 Å². The molecule has 0 atom stereocenters. The van der Waals surface area contributed by atoms with E-state index < -0.39 is 0 Å². The van der Waals surface area contributed by atoms with Crippen molar-refractivity contribution in [3.63, 3.8) is 0 Å². The summed E-state index contributed by atoms with van der Waals surface area (Å²) < 4.78 is 11.0. The molecular weight excluding hydrogens is 903 g/mol. The number of hydrogen-bond donors (Lipinski definition) is 1. The maximum Gasteiger partial charge on any atom is 0.118 e. The lowest BCUT2D eigenvalue weighted by Crippen LogP contribution is -2.09. The van der Waals surface area contributed by atoms with Crippen molar-refractivity contribution in [1.29, 1.82) is 0 Å². The summed E-state index contributed by atoms with van der Waals surface area (Å²) in [5.41, 5.74) is 19.2. The van der Waals surface area contributed by atoms with Gasteiger partial charge in [0.15, 0.2) is 0 Å². The molecular formula is C62H61NO3S3. The molecule has 0 fully saturated rings. The van der Waals surface area contributed by atoms with Gasteiger partial charge in [-0.2, -0.15) is 0 Å². The summed E-state index contributed by atoms with van der Waals surface area (Å²) in [7, 11) is 3.44. The van der Waals surface area contributed by atoms with Crippen LogP contribution >= 0.6 is 34.0 Å². The Labute approximate surface area is 421 Å². The highest BCUT2D eigenvalue weighted by molar-refractivity contribution is 7.20. The number of methoxy groups -OCH3 is 2. The lowest BCUT2D eigenvalue weighted by atomic mass is 9.97. The molecule has 1 N–H and O–H groups in total. The average molecular weight is 964 g/mol. The largest absolute Gasteiger partial charge is 0.508 e. The second kappa shape index (κ2) is 21.1. The normalized spacial score (nSPS) is 11.3. The van der Waals surface area contributed by atoms with Gasteiger partial charge in [0, 0.05) is 46.3 Å². The second-order valence-corrected chi connectivity index (χ2v) is 20.3. The van der Waals surface area contributed by atoms with Crippen LogP contribution in [0, 0.1) is 0 Å². The van der Waals surface area contributed by atoms with Crippen molar-refractivity contribution in [2.45, 2.75) is 80.1 Å². The van der Waals surface area contributed by atoms with E-state index in [4.69, 9.17) is 9.47 Å². The van der Waals surface area contributed by atoms with Crippen LogP contribution in [0.5, 0.6) is 17.2 Å². The van der Waals surface area contributed by atoms with E-state index in [0.717, 1.165) is 72.6 Å². The Morgan fingerprint density at radius 3 is 0.725 bits per heavy atom. The Morgan fingerprint density at radius 1 is 0.319 bits per heavy atom. The molecule has 4 nitrogen and oxygen atoms in total.